The van der Waals surface area contributed by atoms with E-state index in [1.54, 1.807) is 6.07 Å². The Hall–Kier alpha value is -1.62. The zero-order valence-electron chi connectivity index (χ0n) is 10.1. The zero-order valence-corrected chi connectivity index (χ0v) is 10.9. The summed E-state index contributed by atoms with van der Waals surface area (Å²) >= 11 is 5.93. The average molecular weight is 264 g/mol. The van der Waals surface area contributed by atoms with Crippen molar-refractivity contribution < 1.29 is 0 Å². The highest BCUT2D eigenvalue weighted by Gasteiger charge is 2.37. The van der Waals surface area contributed by atoms with Gasteiger partial charge in [-0.2, -0.15) is 0 Å². The van der Waals surface area contributed by atoms with E-state index in [1.165, 1.54) is 6.42 Å². The van der Waals surface area contributed by atoms with Gasteiger partial charge in [0.2, 0.25) is 0 Å². The smallest absolute Gasteiger partial charge is 0.182 e. The van der Waals surface area contributed by atoms with Gasteiger partial charge in [-0.25, -0.2) is 4.68 Å². The highest BCUT2D eigenvalue weighted by Crippen LogP contribution is 2.40. The number of hydrogen-bond donors (Lipinski definition) is 1. The third kappa shape index (κ3) is 1.66. The fourth-order valence-corrected chi connectivity index (χ4v) is 2.43. The quantitative estimate of drug-likeness (QED) is 0.845. The molecule has 6 heteroatoms. The summed E-state index contributed by atoms with van der Waals surface area (Å²) in [7, 11) is 0. The first kappa shape index (κ1) is 11.5. The minimum atomic E-state index is 0.0350. The van der Waals surface area contributed by atoms with Crippen LogP contribution < -0.4 is 5.73 Å². The molecule has 2 aromatic rings. The Morgan fingerprint density at radius 2 is 2.17 bits per heavy atom. The molecule has 94 valence electrons. The van der Waals surface area contributed by atoms with Crippen molar-refractivity contribution in [1.29, 1.82) is 0 Å². The van der Waals surface area contributed by atoms with Crippen LogP contribution in [0.1, 0.15) is 26.2 Å². The lowest BCUT2D eigenvalue weighted by Crippen LogP contribution is -2.38. The summed E-state index contributed by atoms with van der Waals surface area (Å²) in [4.78, 5) is 0. The Morgan fingerprint density at radius 1 is 1.39 bits per heavy atom. The van der Waals surface area contributed by atoms with Crippen molar-refractivity contribution >= 4 is 17.3 Å². The Bertz CT molecular complexity index is 588. The Balaban J connectivity index is 2.07. The van der Waals surface area contributed by atoms with Gasteiger partial charge in [0.15, 0.2) is 5.82 Å². The molecule has 1 saturated carbocycles. The lowest BCUT2D eigenvalue weighted by atomic mass is 9.78. The van der Waals surface area contributed by atoms with Crippen LogP contribution >= 0.6 is 11.6 Å². The van der Waals surface area contributed by atoms with Gasteiger partial charge in [0.1, 0.15) is 0 Å². The molecule has 0 bridgehead atoms. The SMILES string of the molecule is CC1(n2nnnc2-c2ccc(Cl)c(N)c2)CCC1. The molecule has 0 spiro atoms. The Labute approximate surface area is 110 Å². The molecule has 1 heterocycles. The van der Waals surface area contributed by atoms with Gasteiger partial charge in [0.05, 0.1) is 16.2 Å². The molecule has 0 atom stereocenters. The van der Waals surface area contributed by atoms with Crippen molar-refractivity contribution in [2.24, 2.45) is 0 Å². The predicted molar refractivity (Wildman–Crippen MR) is 70.2 cm³/mol. The van der Waals surface area contributed by atoms with E-state index in [2.05, 4.69) is 22.4 Å². The van der Waals surface area contributed by atoms with Crippen LogP contribution in [0.25, 0.3) is 11.4 Å². The zero-order chi connectivity index (χ0) is 12.8. The number of nitrogen functional groups attached to an aromatic ring is 1. The average Bonchev–Trinajstić information content (AvgIpc) is 2.79. The molecule has 0 radical (unpaired) electrons. The number of nitrogens with two attached hydrogens (primary N) is 1. The first-order chi connectivity index (χ1) is 8.60. The highest BCUT2D eigenvalue weighted by atomic mass is 35.5. The molecule has 0 amide bonds. The van der Waals surface area contributed by atoms with Crippen LogP contribution in [-0.2, 0) is 5.54 Å². The predicted octanol–water partition coefficient (Wildman–Crippen LogP) is 2.47. The second-order valence-electron chi connectivity index (χ2n) is 5.00. The number of benzene rings is 1. The second-order valence-corrected chi connectivity index (χ2v) is 5.41. The third-order valence-electron chi connectivity index (χ3n) is 3.67. The van der Waals surface area contributed by atoms with Crippen LogP contribution in [0.5, 0.6) is 0 Å². The van der Waals surface area contributed by atoms with Crippen molar-refractivity contribution in [2.45, 2.75) is 31.7 Å². The lowest BCUT2D eigenvalue weighted by Gasteiger charge is -2.38. The molecule has 1 fully saturated rings. The van der Waals surface area contributed by atoms with Gasteiger partial charge in [0.25, 0.3) is 0 Å². The Morgan fingerprint density at radius 3 is 2.78 bits per heavy atom. The van der Waals surface area contributed by atoms with Gasteiger partial charge in [-0.3, -0.25) is 0 Å². The maximum Gasteiger partial charge on any atom is 0.182 e. The maximum atomic E-state index is 5.93. The van der Waals surface area contributed by atoms with E-state index in [0.29, 0.717) is 10.7 Å². The van der Waals surface area contributed by atoms with E-state index in [0.717, 1.165) is 24.2 Å². The standard InChI is InChI=1S/C12H14ClN5/c1-12(5-2-6-12)18-11(15-16-17-18)8-3-4-9(13)10(14)7-8/h3-4,7H,2,5-6,14H2,1H3. The summed E-state index contributed by atoms with van der Waals surface area (Å²) in [5, 5.41) is 12.6. The lowest BCUT2D eigenvalue weighted by molar-refractivity contribution is 0.148. The summed E-state index contributed by atoms with van der Waals surface area (Å²) < 4.78 is 1.90. The van der Waals surface area contributed by atoms with E-state index in [9.17, 15) is 0 Å². The second kappa shape index (κ2) is 3.95. The summed E-state index contributed by atoms with van der Waals surface area (Å²) in [6, 6.07) is 5.48. The summed E-state index contributed by atoms with van der Waals surface area (Å²) in [6.45, 7) is 2.18. The van der Waals surface area contributed by atoms with Crippen molar-refractivity contribution in [3.8, 4) is 11.4 Å². The van der Waals surface area contributed by atoms with E-state index in [1.807, 2.05) is 16.8 Å². The normalized spacial score (nSPS) is 17.4. The number of halogens is 1. The topological polar surface area (TPSA) is 69.6 Å². The molecule has 1 aliphatic carbocycles. The van der Waals surface area contributed by atoms with Crippen molar-refractivity contribution in [1.82, 2.24) is 20.2 Å². The Kier molecular flexibility index (Phi) is 2.52. The van der Waals surface area contributed by atoms with Crippen LogP contribution in [0.15, 0.2) is 18.2 Å². The molecule has 0 aliphatic heterocycles. The van der Waals surface area contributed by atoms with Gasteiger partial charge in [-0.05, 0) is 54.8 Å². The summed E-state index contributed by atoms with van der Waals surface area (Å²) in [6.07, 6.45) is 3.43. The largest absolute Gasteiger partial charge is 0.398 e. The van der Waals surface area contributed by atoms with E-state index in [4.69, 9.17) is 17.3 Å². The van der Waals surface area contributed by atoms with E-state index < -0.39 is 0 Å². The van der Waals surface area contributed by atoms with Gasteiger partial charge >= 0.3 is 0 Å². The minimum Gasteiger partial charge on any atom is -0.398 e. The first-order valence-electron chi connectivity index (χ1n) is 5.94. The molecule has 18 heavy (non-hydrogen) atoms. The minimum absolute atomic E-state index is 0.0350. The van der Waals surface area contributed by atoms with Crippen LogP contribution in [0.2, 0.25) is 5.02 Å². The molecule has 3 rings (SSSR count). The molecule has 1 aromatic carbocycles. The van der Waals surface area contributed by atoms with Crippen LogP contribution in [0, 0.1) is 0 Å². The molecule has 1 aromatic heterocycles. The molecule has 0 saturated heterocycles. The number of aromatic nitrogens is 4. The van der Waals surface area contributed by atoms with Crippen LogP contribution in [0.4, 0.5) is 5.69 Å². The fourth-order valence-electron chi connectivity index (χ4n) is 2.31. The maximum absolute atomic E-state index is 5.93. The van der Waals surface area contributed by atoms with Crippen LogP contribution in [-0.4, -0.2) is 20.2 Å². The van der Waals surface area contributed by atoms with Crippen molar-refractivity contribution in [3.63, 3.8) is 0 Å². The van der Waals surface area contributed by atoms with Gasteiger partial charge in [0, 0.05) is 5.56 Å². The molecule has 0 unspecified atom stereocenters. The van der Waals surface area contributed by atoms with Crippen molar-refractivity contribution in [3.05, 3.63) is 23.2 Å². The first-order valence-corrected chi connectivity index (χ1v) is 6.32. The molecule has 2 N–H and O–H groups in total. The summed E-state index contributed by atoms with van der Waals surface area (Å²) in [5.41, 5.74) is 7.30. The molecule has 1 aliphatic rings. The highest BCUT2D eigenvalue weighted by molar-refractivity contribution is 6.33. The third-order valence-corrected chi connectivity index (χ3v) is 4.01. The molecular weight excluding hydrogens is 250 g/mol. The van der Waals surface area contributed by atoms with E-state index in [-0.39, 0.29) is 5.54 Å². The number of nitrogens with zero attached hydrogens (tertiary/aromatic N) is 4. The van der Waals surface area contributed by atoms with Crippen molar-refractivity contribution in [2.75, 3.05) is 5.73 Å². The number of rotatable bonds is 2. The van der Waals surface area contributed by atoms with E-state index >= 15 is 0 Å². The number of tetrazole rings is 1. The van der Waals surface area contributed by atoms with Gasteiger partial charge in [-0.15, -0.1) is 5.10 Å². The monoisotopic (exact) mass is 263 g/mol. The van der Waals surface area contributed by atoms with Gasteiger partial charge < -0.3 is 5.73 Å². The molecule has 5 nitrogen and oxygen atoms in total. The fraction of sp³-hybridized carbons (Fsp3) is 0.417. The number of anilines is 1. The molecular formula is C12H14ClN5. The summed E-state index contributed by atoms with van der Waals surface area (Å²) in [5.74, 6) is 0.751. The van der Waals surface area contributed by atoms with Crippen LogP contribution in [0.3, 0.4) is 0 Å². The number of hydrogen-bond acceptors (Lipinski definition) is 4. The van der Waals surface area contributed by atoms with Gasteiger partial charge in [-0.1, -0.05) is 11.6 Å².